The van der Waals surface area contributed by atoms with E-state index in [9.17, 15) is 0 Å². The molecule has 0 saturated carbocycles. The number of likely N-dealkylation sites (N-methyl/N-ethyl adjacent to an activating group) is 1. The monoisotopic (exact) mass is 289 g/mol. The molecule has 0 radical (unpaired) electrons. The van der Waals surface area contributed by atoms with Crippen LogP contribution in [0.15, 0.2) is 30.3 Å². The van der Waals surface area contributed by atoms with Gasteiger partial charge < -0.3 is 9.80 Å². The molecule has 0 unspecified atom stereocenters. The first kappa shape index (κ1) is 13.7. The molecular weight excluding hydrogens is 270 g/mol. The molecule has 20 heavy (non-hydrogen) atoms. The normalized spacial score (nSPS) is 17.4. The Morgan fingerprint density at radius 2 is 2.00 bits per heavy atom. The average molecular weight is 290 g/mol. The van der Waals surface area contributed by atoms with Crippen molar-refractivity contribution < 1.29 is 0 Å². The Morgan fingerprint density at radius 1 is 1.15 bits per heavy atom. The van der Waals surface area contributed by atoms with Gasteiger partial charge >= 0.3 is 0 Å². The number of aromatic nitrogens is 1. The molecule has 1 fully saturated rings. The summed E-state index contributed by atoms with van der Waals surface area (Å²) in [6.45, 7) is 4.31. The summed E-state index contributed by atoms with van der Waals surface area (Å²) in [5, 5.41) is 1.17. The fourth-order valence-electron chi connectivity index (χ4n) is 2.78. The molecule has 3 nitrogen and oxygen atoms in total. The van der Waals surface area contributed by atoms with Crippen molar-refractivity contribution in [2.24, 2.45) is 0 Å². The third-order valence-corrected chi connectivity index (χ3v) is 4.23. The van der Waals surface area contributed by atoms with E-state index in [0.29, 0.717) is 5.88 Å². The molecule has 2 aromatic rings. The van der Waals surface area contributed by atoms with E-state index in [1.807, 2.05) is 12.1 Å². The number of rotatable bonds is 2. The standard InChI is InChI=1S/C16H20ClN3/c1-19-7-4-8-20(10-9-19)16-14(12-17)11-13-5-2-3-6-15(13)18-16/h2-3,5-6,11H,4,7-10,12H2,1H3. The van der Waals surface area contributed by atoms with Gasteiger partial charge in [-0.15, -0.1) is 11.6 Å². The smallest absolute Gasteiger partial charge is 0.133 e. The molecule has 3 rings (SSSR count). The zero-order chi connectivity index (χ0) is 13.9. The molecule has 1 aliphatic rings. The summed E-state index contributed by atoms with van der Waals surface area (Å²) < 4.78 is 0. The van der Waals surface area contributed by atoms with Gasteiger partial charge in [0.1, 0.15) is 5.82 Å². The second-order valence-corrected chi connectivity index (χ2v) is 5.71. The highest BCUT2D eigenvalue weighted by molar-refractivity contribution is 6.17. The fourth-order valence-corrected chi connectivity index (χ4v) is 2.98. The maximum Gasteiger partial charge on any atom is 0.133 e. The number of alkyl halides is 1. The molecule has 0 bridgehead atoms. The Hall–Kier alpha value is -1.32. The van der Waals surface area contributed by atoms with Gasteiger partial charge in [-0.2, -0.15) is 0 Å². The second kappa shape index (κ2) is 5.98. The molecule has 0 N–H and O–H groups in total. The first-order valence-corrected chi connectivity index (χ1v) is 7.69. The Bertz CT molecular complexity index is 599. The number of hydrogen-bond acceptors (Lipinski definition) is 3. The van der Waals surface area contributed by atoms with Crippen molar-refractivity contribution in [3.8, 4) is 0 Å². The van der Waals surface area contributed by atoms with Crippen LogP contribution in [0.1, 0.15) is 12.0 Å². The van der Waals surface area contributed by atoms with Crippen LogP contribution in [0.5, 0.6) is 0 Å². The number of anilines is 1. The molecule has 0 aliphatic carbocycles. The predicted octanol–water partition coefficient (Wildman–Crippen LogP) is 3.12. The van der Waals surface area contributed by atoms with Crippen molar-refractivity contribution in [3.05, 3.63) is 35.9 Å². The SMILES string of the molecule is CN1CCCN(c2nc3ccccc3cc2CCl)CC1. The van der Waals surface area contributed by atoms with Crippen molar-refractivity contribution in [1.29, 1.82) is 0 Å². The molecule has 0 amide bonds. The van der Waals surface area contributed by atoms with E-state index in [4.69, 9.17) is 16.6 Å². The number of halogens is 1. The molecule has 0 atom stereocenters. The van der Waals surface area contributed by atoms with Gasteiger partial charge in [-0.05, 0) is 32.1 Å². The highest BCUT2D eigenvalue weighted by atomic mass is 35.5. The van der Waals surface area contributed by atoms with Gasteiger partial charge in [0, 0.05) is 30.6 Å². The molecule has 1 saturated heterocycles. The summed E-state index contributed by atoms with van der Waals surface area (Å²) in [7, 11) is 2.18. The van der Waals surface area contributed by atoms with Crippen LogP contribution in [0.2, 0.25) is 0 Å². The van der Waals surface area contributed by atoms with E-state index in [1.165, 1.54) is 11.8 Å². The zero-order valence-corrected chi connectivity index (χ0v) is 12.6. The van der Waals surface area contributed by atoms with Gasteiger partial charge in [-0.1, -0.05) is 18.2 Å². The minimum Gasteiger partial charge on any atom is -0.355 e. The lowest BCUT2D eigenvalue weighted by molar-refractivity contribution is 0.360. The summed E-state index contributed by atoms with van der Waals surface area (Å²) in [6.07, 6.45) is 1.17. The van der Waals surface area contributed by atoms with Crippen molar-refractivity contribution in [3.63, 3.8) is 0 Å². The van der Waals surface area contributed by atoms with Crippen molar-refractivity contribution in [1.82, 2.24) is 9.88 Å². The second-order valence-electron chi connectivity index (χ2n) is 5.44. The van der Waals surface area contributed by atoms with Crippen LogP contribution in [0, 0.1) is 0 Å². The third-order valence-electron chi connectivity index (χ3n) is 3.94. The maximum atomic E-state index is 6.14. The molecule has 106 valence electrons. The van der Waals surface area contributed by atoms with Crippen molar-refractivity contribution in [2.45, 2.75) is 12.3 Å². The fraction of sp³-hybridized carbons (Fsp3) is 0.438. The Morgan fingerprint density at radius 3 is 2.85 bits per heavy atom. The maximum absolute atomic E-state index is 6.14. The molecule has 1 aromatic heterocycles. The molecule has 4 heteroatoms. The Kier molecular flexibility index (Phi) is 4.08. The minimum atomic E-state index is 0.513. The lowest BCUT2D eigenvalue weighted by atomic mass is 10.1. The van der Waals surface area contributed by atoms with E-state index in [0.717, 1.165) is 43.1 Å². The van der Waals surface area contributed by atoms with Crippen molar-refractivity contribution in [2.75, 3.05) is 38.1 Å². The van der Waals surface area contributed by atoms with E-state index in [2.05, 4.69) is 35.0 Å². The molecular formula is C16H20ClN3. The van der Waals surface area contributed by atoms with E-state index < -0.39 is 0 Å². The summed E-state index contributed by atoms with van der Waals surface area (Å²) >= 11 is 6.14. The zero-order valence-electron chi connectivity index (χ0n) is 11.8. The van der Waals surface area contributed by atoms with Gasteiger partial charge in [0.25, 0.3) is 0 Å². The lowest BCUT2D eigenvalue weighted by Crippen LogP contribution is -2.30. The number of hydrogen-bond donors (Lipinski definition) is 0. The summed E-state index contributed by atoms with van der Waals surface area (Å²) in [5.74, 6) is 1.58. The average Bonchev–Trinajstić information content (AvgIpc) is 2.70. The Labute approximate surface area is 125 Å². The van der Waals surface area contributed by atoms with Crippen LogP contribution in [0.4, 0.5) is 5.82 Å². The predicted molar refractivity (Wildman–Crippen MR) is 85.6 cm³/mol. The van der Waals surface area contributed by atoms with Gasteiger partial charge in [0.05, 0.1) is 11.4 Å². The van der Waals surface area contributed by atoms with Gasteiger partial charge in [-0.3, -0.25) is 0 Å². The Balaban J connectivity index is 2.00. The van der Waals surface area contributed by atoms with Gasteiger partial charge in [0.15, 0.2) is 0 Å². The van der Waals surface area contributed by atoms with Crippen LogP contribution in [0.3, 0.4) is 0 Å². The van der Waals surface area contributed by atoms with E-state index in [-0.39, 0.29) is 0 Å². The molecule has 0 spiro atoms. The van der Waals surface area contributed by atoms with Crippen LogP contribution in [0.25, 0.3) is 10.9 Å². The molecule has 1 aromatic carbocycles. The van der Waals surface area contributed by atoms with E-state index >= 15 is 0 Å². The number of nitrogens with zero attached hydrogens (tertiary/aromatic N) is 3. The first-order valence-electron chi connectivity index (χ1n) is 7.16. The van der Waals surface area contributed by atoms with Gasteiger partial charge in [0.2, 0.25) is 0 Å². The molecule has 2 heterocycles. The molecule has 1 aliphatic heterocycles. The van der Waals surface area contributed by atoms with Gasteiger partial charge in [-0.25, -0.2) is 4.98 Å². The highest BCUT2D eigenvalue weighted by Crippen LogP contribution is 2.25. The number of fused-ring (bicyclic) bond motifs is 1. The number of pyridine rings is 1. The number of para-hydroxylation sites is 1. The minimum absolute atomic E-state index is 0.513. The topological polar surface area (TPSA) is 19.4 Å². The first-order chi connectivity index (χ1) is 9.78. The summed E-state index contributed by atoms with van der Waals surface area (Å²) in [4.78, 5) is 9.62. The quantitative estimate of drug-likeness (QED) is 0.792. The van der Waals surface area contributed by atoms with Crippen LogP contribution < -0.4 is 4.90 Å². The highest BCUT2D eigenvalue weighted by Gasteiger charge is 2.17. The summed E-state index contributed by atoms with van der Waals surface area (Å²) in [6, 6.07) is 10.4. The van der Waals surface area contributed by atoms with Crippen LogP contribution in [-0.4, -0.2) is 43.1 Å². The van der Waals surface area contributed by atoms with Crippen LogP contribution in [-0.2, 0) is 5.88 Å². The van der Waals surface area contributed by atoms with E-state index in [1.54, 1.807) is 0 Å². The lowest BCUT2D eigenvalue weighted by Gasteiger charge is -2.24. The van der Waals surface area contributed by atoms with Crippen LogP contribution >= 0.6 is 11.6 Å². The van der Waals surface area contributed by atoms with Crippen molar-refractivity contribution >= 4 is 28.3 Å². The third kappa shape index (κ3) is 2.74. The number of benzene rings is 1. The summed E-state index contributed by atoms with van der Waals surface area (Å²) in [5.41, 5.74) is 2.18. The largest absolute Gasteiger partial charge is 0.355 e.